The van der Waals surface area contributed by atoms with Gasteiger partial charge in [-0.1, -0.05) is 6.07 Å². The van der Waals surface area contributed by atoms with Gasteiger partial charge in [0.05, 0.1) is 4.47 Å². The molecule has 0 saturated carbocycles. The lowest BCUT2D eigenvalue weighted by molar-refractivity contribution is 0.305. The summed E-state index contributed by atoms with van der Waals surface area (Å²) in [6, 6.07) is 2.54. The molecule has 2 atom stereocenters. The molecule has 4 heteroatoms. The molecule has 1 aliphatic heterocycles. The second-order valence-electron chi connectivity index (χ2n) is 6.27. The summed E-state index contributed by atoms with van der Waals surface area (Å²) in [7, 11) is 2.13. The largest absolute Gasteiger partial charge is 0.506 e. The van der Waals surface area contributed by atoms with E-state index in [0.717, 1.165) is 42.4 Å². The quantitative estimate of drug-likeness (QED) is 0.871. The molecule has 110 valence electrons. The Morgan fingerprint density at radius 1 is 1.40 bits per heavy atom. The molecule has 3 nitrogen and oxygen atoms in total. The summed E-state index contributed by atoms with van der Waals surface area (Å²) in [5.74, 6) is 0.986. The van der Waals surface area contributed by atoms with Gasteiger partial charge in [-0.25, -0.2) is 0 Å². The van der Waals surface area contributed by atoms with Crippen molar-refractivity contribution in [1.82, 2.24) is 4.90 Å². The molecule has 0 amide bonds. The van der Waals surface area contributed by atoms with E-state index in [1.807, 2.05) is 0 Å². The summed E-state index contributed by atoms with van der Waals surface area (Å²) in [6.45, 7) is 1.75. The molecule has 1 saturated heterocycles. The van der Waals surface area contributed by atoms with Crippen LogP contribution in [0.4, 0.5) is 0 Å². The minimum absolute atomic E-state index is 0.298. The van der Waals surface area contributed by atoms with Crippen molar-refractivity contribution in [2.45, 2.75) is 38.1 Å². The number of hydrogen-bond acceptors (Lipinski definition) is 3. The third-order valence-corrected chi connectivity index (χ3v) is 5.77. The highest BCUT2D eigenvalue weighted by Gasteiger charge is 2.33. The van der Waals surface area contributed by atoms with E-state index >= 15 is 0 Å². The SMILES string of the molecule is CN1CC(CN)CC1c1cc2c(c(Br)c1O)CCCC2. The van der Waals surface area contributed by atoms with Crippen LogP contribution in [0.25, 0.3) is 0 Å². The van der Waals surface area contributed by atoms with Crippen LogP contribution in [0.5, 0.6) is 5.75 Å². The van der Waals surface area contributed by atoms with Gasteiger partial charge in [0.25, 0.3) is 0 Å². The van der Waals surface area contributed by atoms with Gasteiger partial charge in [-0.2, -0.15) is 0 Å². The predicted octanol–water partition coefficient (Wildman–Crippen LogP) is 2.99. The normalized spacial score (nSPS) is 26.8. The molecule has 3 rings (SSSR count). The number of nitrogens with two attached hydrogens (primary N) is 1. The van der Waals surface area contributed by atoms with Crippen LogP contribution in [0, 0.1) is 5.92 Å². The van der Waals surface area contributed by atoms with E-state index in [-0.39, 0.29) is 0 Å². The Morgan fingerprint density at radius 3 is 2.85 bits per heavy atom. The van der Waals surface area contributed by atoms with Gasteiger partial charge >= 0.3 is 0 Å². The van der Waals surface area contributed by atoms with Crippen molar-refractivity contribution in [3.63, 3.8) is 0 Å². The van der Waals surface area contributed by atoms with Gasteiger partial charge < -0.3 is 10.8 Å². The molecule has 0 aromatic heterocycles. The highest BCUT2D eigenvalue weighted by molar-refractivity contribution is 9.10. The van der Waals surface area contributed by atoms with Crippen LogP contribution in [0.15, 0.2) is 10.5 Å². The number of rotatable bonds is 2. The number of phenolic OH excluding ortho intramolecular Hbond substituents is 1. The summed E-state index contributed by atoms with van der Waals surface area (Å²) < 4.78 is 0.925. The Balaban J connectivity index is 2.00. The number of hydrogen-bond donors (Lipinski definition) is 2. The second-order valence-corrected chi connectivity index (χ2v) is 7.06. The van der Waals surface area contributed by atoms with Crippen molar-refractivity contribution in [2.24, 2.45) is 11.7 Å². The summed E-state index contributed by atoms with van der Waals surface area (Å²) >= 11 is 3.62. The van der Waals surface area contributed by atoms with Crippen molar-refractivity contribution < 1.29 is 5.11 Å². The molecule has 2 aliphatic rings. The van der Waals surface area contributed by atoms with Crippen molar-refractivity contribution in [1.29, 1.82) is 0 Å². The van der Waals surface area contributed by atoms with Crippen molar-refractivity contribution in [3.05, 3.63) is 27.2 Å². The summed E-state index contributed by atoms with van der Waals surface area (Å²) in [6.07, 6.45) is 5.75. The highest BCUT2D eigenvalue weighted by atomic mass is 79.9. The van der Waals surface area contributed by atoms with Gasteiger partial charge in [-0.3, -0.25) is 4.90 Å². The number of aromatic hydroxyl groups is 1. The van der Waals surface area contributed by atoms with Crippen LogP contribution in [0.2, 0.25) is 0 Å². The van der Waals surface area contributed by atoms with Crippen LogP contribution in [0.3, 0.4) is 0 Å². The molecule has 1 aromatic rings. The van der Waals surface area contributed by atoms with Crippen molar-refractivity contribution in [3.8, 4) is 5.75 Å². The standard InChI is InChI=1S/C16H23BrN2O/c1-19-9-10(8-18)6-14(19)13-7-11-4-2-3-5-12(11)15(17)16(13)20/h7,10,14,20H,2-6,8-9,18H2,1H3. The number of fused-ring (bicyclic) bond motifs is 1. The molecule has 1 heterocycles. The van der Waals surface area contributed by atoms with Crippen LogP contribution in [-0.2, 0) is 12.8 Å². The van der Waals surface area contributed by atoms with E-state index in [9.17, 15) is 5.11 Å². The van der Waals surface area contributed by atoms with Crippen LogP contribution in [0.1, 0.15) is 42.0 Å². The minimum atomic E-state index is 0.298. The minimum Gasteiger partial charge on any atom is -0.506 e. The van der Waals surface area contributed by atoms with E-state index in [2.05, 4.69) is 33.9 Å². The zero-order valence-corrected chi connectivity index (χ0v) is 13.6. The zero-order valence-electron chi connectivity index (χ0n) is 12.0. The fourth-order valence-electron chi connectivity index (χ4n) is 3.76. The smallest absolute Gasteiger partial charge is 0.134 e. The zero-order chi connectivity index (χ0) is 14.3. The maximum absolute atomic E-state index is 10.6. The van der Waals surface area contributed by atoms with Crippen molar-refractivity contribution >= 4 is 15.9 Å². The summed E-state index contributed by atoms with van der Waals surface area (Å²) in [5, 5.41) is 10.6. The van der Waals surface area contributed by atoms with Gasteiger partial charge in [-0.05, 0) is 78.7 Å². The maximum Gasteiger partial charge on any atom is 0.134 e. The van der Waals surface area contributed by atoms with Gasteiger partial charge in [0.1, 0.15) is 5.75 Å². The molecule has 0 bridgehead atoms. The Kier molecular flexibility index (Phi) is 4.07. The van der Waals surface area contributed by atoms with E-state index < -0.39 is 0 Å². The molecule has 0 radical (unpaired) electrons. The Bertz CT molecular complexity index is 518. The van der Waals surface area contributed by atoms with Gasteiger partial charge in [0.15, 0.2) is 0 Å². The average Bonchev–Trinajstić information content (AvgIpc) is 2.84. The Morgan fingerprint density at radius 2 is 2.15 bits per heavy atom. The van der Waals surface area contributed by atoms with Gasteiger partial charge in [0, 0.05) is 18.2 Å². The molecule has 20 heavy (non-hydrogen) atoms. The number of halogens is 1. The second kappa shape index (κ2) is 5.66. The predicted molar refractivity (Wildman–Crippen MR) is 85.0 cm³/mol. The lowest BCUT2D eigenvalue weighted by Crippen LogP contribution is -2.21. The van der Waals surface area contributed by atoms with E-state index in [1.165, 1.54) is 24.0 Å². The fraction of sp³-hybridized carbons (Fsp3) is 0.625. The molecule has 1 aliphatic carbocycles. The molecule has 1 fully saturated rings. The highest BCUT2D eigenvalue weighted by Crippen LogP contribution is 2.44. The Hall–Kier alpha value is -0.580. The van der Waals surface area contributed by atoms with Crippen LogP contribution in [-0.4, -0.2) is 30.1 Å². The molecule has 3 N–H and O–H groups in total. The topological polar surface area (TPSA) is 49.5 Å². The number of nitrogens with zero attached hydrogens (tertiary/aromatic N) is 1. The van der Waals surface area contributed by atoms with E-state index in [0.29, 0.717) is 17.7 Å². The molecular formula is C16H23BrN2O. The number of phenols is 1. The van der Waals surface area contributed by atoms with Crippen molar-refractivity contribution in [2.75, 3.05) is 20.1 Å². The first kappa shape index (κ1) is 14.4. The lowest BCUT2D eigenvalue weighted by Gasteiger charge is -2.25. The molecular weight excluding hydrogens is 316 g/mol. The average molecular weight is 339 g/mol. The molecule has 0 spiro atoms. The van der Waals surface area contributed by atoms with E-state index in [1.54, 1.807) is 0 Å². The van der Waals surface area contributed by atoms with Gasteiger partial charge in [-0.15, -0.1) is 0 Å². The third kappa shape index (κ3) is 2.38. The summed E-state index contributed by atoms with van der Waals surface area (Å²) in [4.78, 5) is 2.33. The first-order valence-electron chi connectivity index (χ1n) is 7.55. The molecule has 1 aromatic carbocycles. The first-order valence-corrected chi connectivity index (χ1v) is 8.34. The third-order valence-electron chi connectivity index (χ3n) is 4.91. The maximum atomic E-state index is 10.6. The van der Waals surface area contributed by atoms with E-state index in [4.69, 9.17) is 5.73 Å². The first-order chi connectivity index (χ1) is 9.61. The van der Waals surface area contributed by atoms with Gasteiger partial charge in [0.2, 0.25) is 0 Å². The summed E-state index contributed by atoms with van der Waals surface area (Å²) in [5.41, 5.74) is 9.63. The number of likely N-dealkylation sites (tertiary alicyclic amines) is 1. The van der Waals surface area contributed by atoms with Crippen LogP contribution >= 0.6 is 15.9 Å². The lowest BCUT2D eigenvalue weighted by atomic mass is 9.87. The monoisotopic (exact) mass is 338 g/mol. The fourth-order valence-corrected chi connectivity index (χ4v) is 4.44. The molecule has 2 unspecified atom stereocenters. The number of benzene rings is 1. The number of aryl methyl sites for hydroxylation is 1. The Labute approximate surface area is 129 Å². The van der Waals surface area contributed by atoms with Crippen LogP contribution < -0.4 is 5.73 Å².